The highest BCUT2D eigenvalue weighted by Crippen LogP contribution is 2.30. The van der Waals surface area contributed by atoms with Gasteiger partial charge in [0.15, 0.2) is 0 Å². The van der Waals surface area contributed by atoms with Gasteiger partial charge in [0, 0.05) is 6.54 Å². The Bertz CT molecular complexity index is 728. The smallest absolute Gasteiger partial charge is 0.290 e. The molecule has 7 nitrogen and oxygen atoms in total. The quantitative estimate of drug-likeness (QED) is 0.870. The molecular formula is C17H22N4O3. The first kappa shape index (κ1) is 16.4. The Labute approximate surface area is 140 Å². The number of likely N-dealkylation sites (tertiary alicyclic amines) is 1. The van der Waals surface area contributed by atoms with Crippen molar-refractivity contribution in [2.75, 3.05) is 19.7 Å². The van der Waals surface area contributed by atoms with Crippen molar-refractivity contribution in [2.45, 2.75) is 32.7 Å². The highest BCUT2D eigenvalue weighted by atomic mass is 16.5. The predicted octanol–water partition coefficient (Wildman–Crippen LogP) is 2.00. The minimum absolute atomic E-state index is 0.0211. The van der Waals surface area contributed by atoms with E-state index in [1.165, 1.54) is 5.56 Å². The molecule has 128 valence electrons. The second-order valence-corrected chi connectivity index (χ2v) is 6.13. The molecule has 2 aromatic rings. The molecule has 1 aliphatic rings. The maximum Gasteiger partial charge on any atom is 0.290 e. The van der Waals surface area contributed by atoms with Gasteiger partial charge < -0.3 is 15.0 Å². The second-order valence-electron chi connectivity index (χ2n) is 6.13. The number of hydrogen-bond acceptors (Lipinski definition) is 6. The van der Waals surface area contributed by atoms with Crippen molar-refractivity contribution in [1.82, 2.24) is 15.0 Å². The van der Waals surface area contributed by atoms with Crippen LogP contribution in [0.2, 0.25) is 0 Å². The van der Waals surface area contributed by atoms with Gasteiger partial charge in [-0.2, -0.15) is 4.98 Å². The van der Waals surface area contributed by atoms with E-state index < -0.39 is 5.91 Å². The van der Waals surface area contributed by atoms with Crippen LogP contribution in [0, 0.1) is 13.8 Å². The first-order valence-electron chi connectivity index (χ1n) is 8.12. The number of hydrogen-bond donors (Lipinski definition) is 1. The highest BCUT2D eigenvalue weighted by molar-refractivity contribution is 5.88. The fourth-order valence-electron chi connectivity index (χ4n) is 2.98. The van der Waals surface area contributed by atoms with Crippen molar-refractivity contribution in [2.24, 2.45) is 5.73 Å². The molecule has 2 heterocycles. The van der Waals surface area contributed by atoms with Gasteiger partial charge in [-0.15, -0.1) is 0 Å². The maximum absolute atomic E-state index is 11.1. The van der Waals surface area contributed by atoms with Crippen LogP contribution in [0.4, 0.5) is 0 Å². The molecule has 0 unspecified atom stereocenters. The van der Waals surface area contributed by atoms with Crippen LogP contribution in [0.3, 0.4) is 0 Å². The fraction of sp³-hybridized carbons (Fsp3) is 0.471. The number of amides is 1. The van der Waals surface area contributed by atoms with Gasteiger partial charge in [-0.3, -0.25) is 9.69 Å². The molecule has 1 aliphatic heterocycles. The molecule has 24 heavy (non-hydrogen) atoms. The molecule has 7 heteroatoms. The predicted molar refractivity (Wildman–Crippen MR) is 87.8 cm³/mol. The third kappa shape index (κ3) is 3.56. The van der Waals surface area contributed by atoms with Gasteiger partial charge in [0.1, 0.15) is 12.4 Å². The number of ether oxygens (including phenoxy) is 1. The minimum Gasteiger partial charge on any atom is -0.492 e. The van der Waals surface area contributed by atoms with Crippen LogP contribution >= 0.6 is 0 Å². The molecule has 1 fully saturated rings. The SMILES string of the molecule is Cc1ccc(C)c(OCCN2CCC[C@H]2c2nc(C(N)=O)no2)c1. The van der Waals surface area contributed by atoms with E-state index in [0.29, 0.717) is 12.5 Å². The van der Waals surface area contributed by atoms with Crippen molar-refractivity contribution in [1.29, 1.82) is 0 Å². The average Bonchev–Trinajstić information content (AvgIpc) is 3.19. The molecule has 0 bridgehead atoms. The molecule has 1 aromatic heterocycles. The first-order chi connectivity index (χ1) is 11.5. The number of carbonyl (C=O) groups excluding carboxylic acids is 1. The molecule has 2 N–H and O–H groups in total. The Hall–Kier alpha value is -2.41. The number of aromatic nitrogens is 2. The number of nitrogens with zero attached hydrogens (tertiary/aromatic N) is 3. The summed E-state index contributed by atoms with van der Waals surface area (Å²) in [6.45, 7) is 6.37. The second kappa shape index (κ2) is 7.00. The van der Waals surface area contributed by atoms with Crippen molar-refractivity contribution in [3.63, 3.8) is 0 Å². The summed E-state index contributed by atoms with van der Waals surface area (Å²) < 4.78 is 11.1. The fourth-order valence-corrected chi connectivity index (χ4v) is 2.98. The number of rotatable bonds is 6. The normalized spacial score (nSPS) is 18.0. The molecule has 0 spiro atoms. The largest absolute Gasteiger partial charge is 0.492 e. The summed E-state index contributed by atoms with van der Waals surface area (Å²) in [4.78, 5) is 17.4. The molecule has 1 amide bonds. The van der Waals surface area contributed by atoms with Crippen LogP contribution in [0.5, 0.6) is 5.75 Å². The number of primary amides is 1. The molecule has 1 atom stereocenters. The summed E-state index contributed by atoms with van der Waals surface area (Å²) in [7, 11) is 0. The molecular weight excluding hydrogens is 308 g/mol. The molecule has 0 radical (unpaired) electrons. The first-order valence-corrected chi connectivity index (χ1v) is 8.12. The third-order valence-electron chi connectivity index (χ3n) is 4.29. The summed E-state index contributed by atoms with van der Waals surface area (Å²) >= 11 is 0. The lowest BCUT2D eigenvalue weighted by atomic mass is 10.1. The van der Waals surface area contributed by atoms with Gasteiger partial charge in [0.05, 0.1) is 6.04 Å². The lowest BCUT2D eigenvalue weighted by molar-refractivity contribution is 0.0987. The lowest BCUT2D eigenvalue weighted by Crippen LogP contribution is -2.28. The van der Waals surface area contributed by atoms with E-state index in [2.05, 4.69) is 34.1 Å². The van der Waals surface area contributed by atoms with Crippen LogP contribution in [0.1, 0.15) is 46.5 Å². The number of benzene rings is 1. The Kier molecular flexibility index (Phi) is 4.80. The number of carbonyl (C=O) groups is 1. The van der Waals surface area contributed by atoms with E-state index in [9.17, 15) is 4.79 Å². The summed E-state index contributed by atoms with van der Waals surface area (Å²) in [6.07, 6.45) is 1.96. The van der Waals surface area contributed by atoms with Crippen molar-refractivity contribution >= 4 is 5.91 Å². The van der Waals surface area contributed by atoms with E-state index in [-0.39, 0.29) is 11.9 Å². The van der Waals surface area contributed by atoms with Gasteiger partial charge in [-0.1, -0.05) is 17.3 Å². The van der Waals surface area contributed by atoms with Crippen molar-refractivity contribution in [3.05, 3.63) is 41.0 Å². The van der Waals surface area contributed by atoms with Crippen molar-refractivity contribution < 1.29 is 14.1 Å². The minimum atomic E-state index is -0.673. The highest BCUT2D eigenvalue weighted by Gasteiger charge is 2.31. The summed E-state index contributed by atoms with van der Waals surface area (Å²) in [6, 6.07) is 6.21. The van der Waals surface area contributed by atoms with E-state index >= 15 is 0 Å². The summed E-state index contributed by atoms with van der Waals surface area (Å²) in [5.41, 5.74) is 7.48. The van der Waals surface area contributed by atoms with E-state index in [4.69, 9.17) is 15.0 Å². The lowest BCUT2D eigenvalue weighted by Gasteiger charge is -2.21. The average molecular weight is 330 g/mol. The molecule has 1 saturated heterocycles. The Morgan fingerprint density at radius 2 is 2.29 bits per heavy atom. The van der Waals surface area contributed by atoms with Crippen LogP contribution in [0.25, 0.3) is 0 Å². The Balaban J connectivity index is 1.59. The number of aryl methyl sites for hydroxylation is 2. The van der Waals surface area contributed by atoms with Crippen LogP contribution in [0.15, 0.2) is 22.7 Å². The van der Waals surface area contributed by atoms with Gasteiger partial charge in [0.2, 0.25) is 5.89 Å². The van der Waals surface area contributed by atoms with Gasteiger partial charge in [0.25, 0.3) is 11.7 Å². The number of nitrogens with two attached hydrogens (primary N) is 1. The van der Waals surface area contributed by atoms with E-state index in [0.717, 1.165) is 37.2 Å². The topological polar surface area (TPSA) is 94.5 Å². The van der Waals surface area contributed by atoms with Gasteiger partial charge in [-0.05, 0) is 50.4 Å². The molecule has 0 aliphatic carbocycles. The monoisotopic (exact) mass is 330 g/mol. The van der Waals surface area contributed by atoms with E-state index in [1.807, 2.05) is 13.0 Å². The summed E-state index contributed by atoms with van der Waals surface area (Å²) in [5.74, 6) is 0.629. The summed E-state index contributed by atoms with van der Waals surface area (Å²) in [5, 5.41) is 3.63. The van der Waals surface area contributed by atoms with E-state index in [1.54, 1.807) is 0 Å². The zero-order valence-electron chi connectivity index (χ0n) is 14.0. The van der Waals surface area contributed by atoms with Gasteiger partial charge in [-0.25, -0.2) is 0 Å². The maximum atomic E-state index is 11.1. The zero-order chi connectivity index (χ0) is 17.1. The van der Waals surface area contributed by atoms with Gasteiger partial charge >= 0.3 is 0 Å². The van der Waals surface area contributed by atoms with Crippen LogP contribution in [-0.2, 0) is 0 Å². The van der Waals surface area contributed by atoms with Crippen LogP contribution in [-0.4, -0.2) is 40.6 Å². The zero-order valence-corrected chi connectivity index (χ0v) is 14.0. The molecule has 1 aromatic carbocycles. The Morgan fingerprint density at radius 1 is 1.46 bits per heavy atom. The molecule has 0 saturated carbocycles. The molecule has 3 rings (SSSR count). The standard InChI is InChI=1S/C17H22N4O3/c1-11-5-6-12(2)14(10-11)23-9-8-21-7-3-4-13(21)17-19-16(15(18)22)20-24-17/h5-6,10,13H,3-4,7-9H2,1-2H3,(H2,18,22)/t13-/m0/s1. The van der Waals surface area contributed by atoms with Crippen LogP contribution < -0.4 is 10.5 Å². The Morgan fingerprint density at radius 3 is 3.04 bits per heavy atom. The van der Waals surface area contributed by atoms with Crippen molar-refractivity contribution in [3.8, 4) is 5.75 Å². The third-order valence-corrected chi connectivity index (χ3v) is 4.29.